The average molecular weight is 444 g/mol. The highest BCUT2D eigenvalue weighted by Gasteiger charge is 2.29. The zero-order chi connectivity index (χ0) is 21.5. The molecule has 2 atom stereocenters. The van der Waals surface area contributed by atoms with Gasteiger partial charge in [0.15, 0.2) is 0 Å². The molecule has 4 nitrogen and oxygen atoms in total. The van der Waals surface area contributed by atoms with E-state index in [9.17, 15) is 4.79 Å². The molecule has 0 N–H and O–H groups in total. The maximum absolute atomic E-state index is 12.1. The van der Waals surface area contributed by atoms with Crippen molar-refractivity contribution >= 4 is 24.5 Å². The van der Waals surface area contributed by atoms with E-state index in [-0.39, 0.29) is 18.4 Å². The number of halogens is 1. The van der Waals surface area contributed by atoms with Crippen LogP contribution in [0.1, 0.15) is 53.6 Å². The largest absolute Gasteiger partial charge is 0.497 e. The van der Waals surface area contributed by atoms with Gasteiger partial charge in [0.2, 0.25) is 0 Å². The smallest absolute Gasteiger partial charge is 0.338 e. The molecule has 0 unspecified atom stereocenters. The van der Waals surface area contributed by atoms with E-state index >= 15 is 0 Å². The van der Waals surface area contributed by atoms with Gasteiger partial charge in [-0.2, -0.15) is 0 Å². The molecule has 31 heavy (non-hydrogen) atoms. The van der Waals surface area contributed by atoms with Crippen LogP contribution in [-0.4, -0.2) is 45.2 Å². The number of carbonyl (C=O) groups excluding carboxylic acids is 1. The van der Waals surface area contributed by atoms with Crippen molar-refractivity contribution in [1.29, 1.82) is 0 Å². The fourth-order valence-electron chi connectivity index (χ4n) is 4.41. The second kappa shape index (κ2) is 11.9. The van der Waals surface area contributed by atoms with Crippen molar-refractivity contribution in [3.63, 3.8) is 0 Å². The van der Waals surface area contributed by atoms with Crippen LogP contribution in [0.25, 0.3) is 6.08 Å². The Balaban J connectivity index is 0.00000341. The number of methoxy groups -OCH3 is 1. The molecule has 168 valence electrons. The third-order valence-corrected chi connectivity index (χ3v) is 5.78. The molecule has 0 aliphatic heterocycles. The van der Waals surface area contributed by atoms with E-state index in [0.717, 1.165) is 37.1 Å². The summed E-state index contributed by atoms with van der Waals surface area (Å²) < 4.78 is 10.6. The number of rotatable bonds is 7. The first-order valence-electron chi connectivity index (χ1n) is 10.8. The van der Waals surface area contributed by atoms with E-state index in [1.54, 1.807) is 7.11 Å². The molecule has 0 heterocycles. The normalized spacial score (nSPS) is 19.7. The lowest BCUT2D eigenvalue weighted by Crippen LogP contribution is -2.29. The molecule has 0 saturated heterocycles. The van der Waals surface area contributed by atoms with Crippen LogP contribution in [0.3, 0.4) is 0 Å². The summed E-state index contributed by atoms with van der Waals surface area (Å²) >= 11 is 0. The second-order valence-electron chi connectivity index (χ2n) is 8.30. The van der Waals surface area contributed by atoms with Crippen LogP contribution in [0.15, 0.2) is 54.1 Å². The fourth-order valence-corrected chi connectivity index (χ4v) is 4.41. The van der Waals surface area contributed by atoms with Gasteiger partial charge in [-0.25, -0.2) is 4.79 Å². The van der Waals surface area contributed by atoms with Crippen molar-refractivity contribution < 1.29 is 14.3 Å². The molecule has 1 fully saturated rings. The monoisotopic (exact) mass is 443 g/mol. The molecule has 0 bridgehead atoms. The van der Waals surface area contributed by atoms with Gasteiger partial charge in [0.25, 0.3) is 0 Å². The topological polar surface area (TPSA) is 38.8 Å². The minimum atomic E-state index is -0.262. The number of carbonyl (C=O) groups is 1. The number of ether oxygens (including phenoxy) is 2. The molecule has 1 saturated carbocycles. The minimum Gasteiger partial charge on any atom is -0.497 e. The summed E-state index contributed by atoms with van der Waals surface area (Å²) in [5, 5.41) is 0. The first-order chi connectivity index (χ1) is 14.5. The van der Waals surface area contributed by atoms with E-state index in [4.69, 9.17) is 9.47 Å². The summed E-state index contributed by atoms with van der Waals surface area (Å²) in [6, 6.07) is 16.2. The first kappa shape index (κ1) is 25.0. The van der Waals surface area contributed by atoms with Crippen molar-refractivity contribution in [2.45, 2.75) is 32.1 Å². The van der Waals surface area contributed by atoms with Crippen LogP contribution >= 0.6 is 12.4 Å². The number of esters is 1. The van der Waals surface area contributed by atoms with Crippen molar-refractivity contribution in [3.05, 3.63) is 70.8 Å². The van der Waals surface area contributed by atoms with E-state index in [1.807, 2.05) is 31.2 Å². The SMILES string of the molecule is CCOC(=O)c1cccc(/C=C2/CC[C@H](CN(C)C)[C@H](c3cccc(OC)c3)C2)c1.Cl. The molecular formula is C26H34ClNO3. The quantitative estimate of drug-likeness (QED) is 0.505. The van der Waals surface area contributed by atoms with Crippen LogP contribution in [0.4, 0.5) is 0 Å². The highest BCUT2D eigenvalue weighted by atomic mass is 35.5. The van der Waals surface area contributed by atoms with Crippen LogP contribution in [0, 0.1) is 5.92 Å². The summed E-state index contributed by atoms with van der Waals surface area (Å²) in [7, 11) is 6.02. The van der Waals surface area contributed by atoms with Crippen molar-refractivity contribution in [2.24, 2.45) is 5.92 Å². The molecule has 0 aromatic heterocycles. The minimum absolute atomic E-state index is 0. The third kappa shape index (κ3) is 6.84. The Morgan fingerprint density at radius 1 is 1.16 bits per heavy atom. The van der Waals surface area contributed by atoms with Gasteiger partial charge in [0, 0.05) is 6.54 Å². The Hall–Kier alpha value is -2.30. The summed E-state index contributed by atoms with van der Waals surface area (Å²) in [4.78, 5) is 14.4. The third-order valence-electron chi connectivity index (χ3n) is 5.78. The highest BCUT2D eigenvalue weighted by Crippen LogP contribution is 2.42. The van der Waals surface area contributed by atoms with E-state index in [2.05, 4.69) is 49.3 Å². The molecule has 2 aromatic carbocycles. The molecular weight excluding hydrogens is 410 g/mol. The molecule has 0 spiro atoms. The van der Waals surface area contributed by atoms with Gasteiger partial charge in [-0.05, 0) is 87.5 Å². The number of nitrogens with zero attached hydrogens (tertiary/aromatic N) is 1. The van der Waals surface area contributed by atoms with Crippen molar-refractivity contribution in [2.75, 3.05) is 34.4 Å². The number of allylic oxidation sites excluding steroid dienone is 1. The van der Waals surface area contributed by atoms with Gasteiger partial charge in [-0.3, -0.25) is 0 Å². The van der Waals surface area contributed by atoms with Crippen LogP contribution < -0.4 is 4.74 Å². The molecule has 1 aliphatic carbocycles. The number of benzene rings is 2. The number of hydrogen-bond donors (Lipinski definition) is 0. The molecule has 2 aromatic rings. The van der Waals surface area contributed by atoms with Gasteiger partial charge in [0.05, 0.1) is 19.3 Å². The fraction of sp³-hybridized carbons (Fsp3) is 0.423. The maximum Gasteiger partial charge on any atom is 0.338 e. The van der Waals surface area contributed by atoms with Crippen molar-refractivity contribution in [1.82, 2.24) is 4.90 Å². The number of hydrogen-bond acceptors (Lipinski definition) is 4. The molecule has 0 amide bonds. The van der Waals surface area contributed by atoms with Gasteiger partial charge in [-0.15, -0.1) is 12.4 Å². The van der Waals surface area contributed by atoms with E-state index < -0.39 is 0 Å². The first-order valence-corrected chi connectivity index (χ1v) is 10.8. The lowest BCUT2D eigenvalue weighted by Gasteiger charge is -2.35. The Labute approximate surface area is 192 Å². The second-order valence-corrected chi connectivity index (χ2v) is 8.30. The maximum atomic E-state index is 12.1. The Kier molecular flexibility index (Phi) is 9.60. The van der Waals surface area contributed by atoms with Gasteiger partial charge >= 0.3 is 5.97 Å². The summed E-state index contributed by atoms with van der Waals surface area (Å²) in [5.74, 6) is 1.71. The van der Waals surface area contributed by atoms with E-state index in [0.29, 0.717) is 24.0 Å². The Morgan fingerprint density at radius 3 is 2.65 bits per heavy atom. The summed E-state index contributed by atoms with van der Waals surface area (Å²) in [5.41, 5.74) is 4.44. The lowest BCUT2D eigenvalue weighted by atomic mass is 9.73. The predicted octanol–water partition coefficient (Wildman–Crippen LogP) is 5.82. The zero-order valence-electron chi connectivity index (χ0n) is 19.0. The van der Waals surface area contributed by atoms with Crippen LogP contribution in [0.5, 0.6) is 5.75 Å². The predicted molar refractivity (Wildman–Crippen MR) is 129 cm³/mol. The van der Waals surface area contributed by atoms with Crippen LogP contribution in [-0.2, 0) is 4.74 Å². The Morgan fingerprint density at radius 2 is 1.94 bits per heavy atom. The average Bonchev–Trinajstić information content (AvgIpc) is 2.75. The van der Waals surface area contributed by atoms with Crippen molar-refractivity contribution in [3.8, 4) is 5.75 Å². The lowest BCUT2D eigenvalue weighted by molar-refractivity contribution is 0.0526. The standard InChI is InChI=1S/C26H33NO3.ClH/c1-5-30-26(28)22-10-6-8-19(15-22)14-20-12-13-23(18-27(2)3)25(16-20)21-9-7-11-24(17-21)29-4;/h6-11,14-15,17,23,25H,5,12-13,16,18H2,1-4H3;1H/b20-14-;/t23-,25+;/m1./s1. The molecule has 1 aliphatic rings. The highest BCUT2D eigenvalue weighted by molar-refractivity contribution is 5.90. The summed E-state index contributed by atoms with van der Waals surface area (Å²) in [6.45, 7) is 3.29. The molecule has 5 heteroatoms. The van der Waals surface area contributed by atoms with E-state index in [1.165, 1.54) is 11.1 Å². The van der Waals surface area contributed by atoms with Gasteiger partial charge in [0.1, 0.15) is 5.75 Å². The Bertz CT molecular complexity index is 894. The summed E-state index contributed by atoms with van der Waals surface area (Å²) in [6.07, 6.45) is 5.52. The zero-order valence-corrected chi connectivity index (χ0v) is 19.8. The van der Waals surface area contributed by atoms with Gasteiger partial charge < -0.3 is 14.4 Å². The van der Waals surface area contributed by atoms with Crippen LogP contribution in [0.2, 0.25) is 0 Å². The van der Waals surface area contributed by atoms with Gasteiger partial charge in [-0.1, -0.05) is 35.9 Å². The molecule has 0 radical (unpaired) electrons. The molecule has 3 rings (SSSR count).